The molecule has 0 heterocycles. The predicted molar refractivity (Wildman–Crippen MR) is 96.8 cm³/mol. The van der Waals surface area contributed by atoms with E-state index in [4.69, 9.17) is 9.47 Å². The van der Waals surface area contributed by atoms with Crippen LogP contribution in [0.2, 0.25) is 0 Å². The van der Waals surface area contributed by atoms with E-state index >= 15 is 0 Å². The van der Waals surface area contributed by atoms with E-state index in [1.165, 1.54) is 0 Å². The fourth-order valence-corrected chi connectivity index (χ4v) is 2.17. The first-order chi connectivity index (χ1) is 11.7. The van der Waals surface area contributed by atoms with Crippen LogP contribution in [0.4, 0.5) is 0 Å². The number of hydrogen-bond acceptors (Lipinski definition) is 5. The van der Waals surface area contributed by atoms with Crippen LogP contribution in [0.3, 0.4) is 0 Å². The van der Waals surface area contributed by atoms with Gasteiger partial charge in [0.15, 0.2) is 6.10 Å². The van der Waals surface area contributed by atoms with Crippen molar-refractivity contribution in [3.05, 3.63) is 41.5 Å². The van der Waals surface area contributed by atoms with Gasteiger partial charge in [-0.3, -0.25) is 4.79 Å². The maximum atomic E-state index is 12.2. The summed E-state index contributed by atoms with van der Waals surface area (Å²) in [7, 11) is 0. The number of hydrogen-bond donors (Lipinski definition) is 1. The Morgan fingerprint density at radius 3 is 2.04 bits per heavy atom. The average molecular weight is 348 g/mol. The molecule has 2 atom stereocenters. The summed E-state index contributed by atoms with van der Waals surface area (Å²) in [6, 6.07) is 7.88. The molecule has 0 aromatic heterocycles. The van der Waals surface area contributed by atoms with Gasteiger partial charge >= 0.3 is 11.9 Å². The minimum absolute atomic E-state index is 0.174. The summed E-state index contributed by atoms with van der Waals surface area (Å²) in [5.41, 5.74) is 2.13. The molecule has 1 aromatic carbocycles. The second-order valence-electron chi connectivity index (χ2n) is 6.57. The van der Waals surface area contributed by atoms with Crippen LogP contribution in [0, 0.1) is 12.8 Å². The molecule has 0 fully saturated rings. The van der Waals surface area contributed by atoms with E-state index < -0.39 is 24.0 Å². The summed E-state index contributed by atoms with van der Waals surface area (Å²) in [4.78, 5) is 24.2. The van der Waals surface area contributed by atoms with E-state index in [1.807, 2.05) is 37.3 Å². The van der Waals surface area contributed by atoms with Crippen LogP contribution in [0.1, 0.15) is 45.2 Å². The second kappa shape index (κ2) is 9.99. The first kappa shape index (κ1) is 20.9. The molecular weight excluding hydrogens is 320 g/mol. The molecule has 1 aromatic rings. The number of aliphatic hydroxyl groups is 1. The smallest absolute Gasteiger partial charge is 0.336 e. The Bertz CT molecular complexity index is 587. The molecule has 138 valence electrons. The average Bonchev–Trinajstić information content (AvgIpc) is 2.51. The summed E-state index contributed by atoms with van der Waals surface area (Å²) >= 11 is 0. The van der Waals surface area contributed by atoms with Gasteiger partial charge in [0, 0.05) is 0 Å². The standard InChI is InChI=1S/C20H28O5/c1-13(2)24-19(22)17(18(21)20(23)25-14(3)4)8-6-7-16-11-9-15(5)10-12-16/h6-7,9-14,17-18,21H,8H2,1-5H3/b7-6+/t17-,18+/m1/s1. The summed E-state index contributed by atoms with van der Waals surface area (Å²) < 4.78 is 10.2. The van der Waals surface area contributed by atoms with E-state index in [0.29, 0.717) is 0 Å². The van der Waals surface area contributed by atoms with Crippen molar-refractivity contribution in [2.75, 3.05) is 0 Å². The lowest BCUT2D eigenvalue weighted by atomic mass is 9.97. The zero-order chi connectivity index (χ0) is 19.0. The summed E-state index contributed by atoms with van der Waals surface area (Å²) in [6.07, 6.45) is 1.51. The predicted octanol–water partition coefficient (Wildman–Crippen LogP) is 3.28. The Hall–Kier alpha value is -2.14. The van der Waals surface area contributed by atoms with Crippen molar-refractivity contribution in [1.82, 2.24) is 0 Å². The molecular formula is C20H28O5. The highest BCUT2D eigenvalue weighted by Crippen LogP contribution is 2.17. The van der Waals surface area contributed by atoms with Gasteiger partial charge in [0.2, 0.25) is 0 Å². The molecule has 25 heavy (non-hydrogen) atoms. The molecule has 0 radical (unpaired) electrons. The Kier molecular flexibility index (Phi) is 8.35. The number of esters is 2. The molecule has 1 rings (SSSR count). The van der Waals surface area contributed by atoms with Crippen molar-refractivity contribution in [1.29, 1.82) is 0 Å². The molecule has 5 nitrogen and oxygen atoms in total. The quantitative estimate of drug-likeness (QED) is 0.730. The minimum Gasteiger partial charge on any atom is -0.463 e. The van der Waals surface area contributed by atoms with Crippen LogP contribution >= 0.6 is 0 Å². The molecule has 0 unspecified atom stereocenters. The molecule has 0 saturated carbocycles. The Morgan fingerprint density at radius 1 is 1.00 bits per heavy atom. The summed E-state index contributed by atoms with van der Waals surface area (Å²) in [6.45, 7) is 8.81. The molecule has 5 heteroatoms. The van der Waals surface area contributed by atoms with E-state index in [2.05, 4.69) is 0 Å². The molecule has 0 aliphatic carbocycles. The van der Waals surface area contributed by atoms with Crippen molar-refractivity contribution >= 4 is 18.0 Å². The van der Waals surface area contributed by atoms with Crippen molar-refractivity contribution in [2.24, 2.45) is 5.92 Å². The van der Waals surface area contributed by atoms with Gasteiger partial charge in [0.05, 0.1) is 18.1 Å². The second-order valence-corrected chi connectivity index (χ2v) is 6.57. The van der Waals surface area contributed by atoms with Gasteiger partial charge < -0.3 is 14.6 Å². The summed E-state index contributed by atoms with van der Waals surface area (Å²) in [5.74, 6) is -2.43. The van der Waals surface area contributed by atoms with Crippen molar-refractivity contribution < 1.29 is 24.2 Å². The molecule has 0 spiro atoms. The molecule has 0 aliphatic rings. The van der Waals surface area contributed by atoms with Gasteiger partial charge in [-0.1, -0.05) is 42.0 Å². The number of aliphatic hydroxyl groups excluding tert-OH is 1. The lowest BCUT2D eigenvalue weighted by molar-refractivity contribution is -0.170. The lowest BCUT2D eigenvalue weighted by Crippen LogP contribution is -2.38. The van der Waals surface area contributed by atoms with Crippen LogP contribution in [0.25, 0.3) is 6.08 Å². The highest BCUT2D eigenvalue weighted by molar-refractivity contribution is 5.84. The molecule has 1 N–H and O–H groups in total. The third-order valence-electron chi connectivity index (χ3n) is 3.41. The first-order valence-electron chi connectivity index (χ1n) is 8.53. The van der Waals surface area contributed by atoms with Gasteiger partial charge in [-0.05, 0) is 46.6 Å². The zero-order valence-corrected chi connectivity index (χ0v) is 15.6. The van der Waals surface area contributed by atoms with Gasteiger partial charge in [0.1, 0.15) is 0 Å². The zero-order valence-electron chi connectivity index (χ0n) is 15.6. The number of allylic oxidation sites excluding steroid dienone is 1. The largest absolute Gasteiger partial charge is 0.463 e. The van der Waals surface area contributed by atoms with Crippen LogP contribution in [0.5, 0.6) is 0 Å². The van der Waals surface area contributed by atoms with Crippen molar-refractivity contribution in [3.63, 3.8) is 0 Å². The minimum atomic E-state index is -1.56. The van der Waals surface area contributed by atoms with Crippen LogP contribution < -0.4 is 0 Å². The van der Waals surface area contributed by atoms with Gasteiger partial charge in [-0.25, -0.2) is 4.79 Å². The number of benzene rings is 1. The Labute approximate surface area is 149 Å². The Balaban J connectivity index is 2.84. The fourth-order valence-electron chi connectivity index (χ4n) is 2.17. The molecule has 0 bridgehead atoms. The van der Waals surface area contributed by atoms with Crippen LogP contribution in [-0.2, 0) is 19.1 Å². The normalized spacial score (nSPS) is 13.9. The van der Waals surface area contributed by atoms with E-state index in [9.17, 15) is 14.7 Å². The lowest BCUT2D eigenvalue weighted by Gasteiger charge is -2.21. The van der Waals surface area contributed by atoms with Gasteiger partial charge in [0.25, 0.3) is 0 Å². The monoisotopic (exact) mass is 348 g/mol. The van der Waals surface area contributed by atoms with Crippen LogP contribution in [0.15, 0.2) is 30.3 Å². The van der Waals surface area contributed by atoms with E-state index in [-0.39, 0.29) is 18.6 Å². The van der Waals surface area contributed by atoms with Crippen molar-refractivity contribution in [2.45, 2.75) is 59.4 Å². The maximum Gasteiger partial charge on any atom is 0.336 e. The SMILES string of the molecule is Cc1ccc(/C=C/C[C@@H](C(=O)OC(C)C)[C@H](O)C(=O)OC(C)C)cc1. The number of rotatable bonds is 8. The third-order valence-corrected chi connectivity index (χ3v) is 3.41. The fraction of sp³-hybridized carbons (Fsp3) is 0.500. The molecule has 0 aliphatic heterocycles. The Morgan fingerprint density at radius 2 is 1.52 bits per heavy atom. The highest BCUT2D eigenvalue weighted by atomic mass is 16.6. The number of carbonyl (C=O) groups is 2. The van der Waals surface area contributed by atoms with Crippen LogP contribution in [-0.4, -0.2) is 35.4 Å². The van der Waals surface area contributed by atoms with E-state index in [1.54, 1.807) is 33.8 Å². The molecule has 0 saturated heterocycles. The van der Waals surface area contributed by atoms with E-state index in [0.717, 1.165) is 11.1 Å². The topological polar surface area (TPSA) is 72.8 Å². The third kappa shape index (κ3) is 7.52. The maximum absolute atomic E-state index is 12.2. The first-order valence-corrected chi connectivity index (χ1v) is 8.53. The number of carbonyl (C=O) groups excluding carboxylic acids is 2. The summed E-state index contributed by atoms with van der Waals surface area (Å²) in [5, 5.41) is 10.2. The number of aryl methyl sites for hydroxylation is 1. The van der Waals surface area contributed by atoms with Crippen molar-refractivity contribution in [3.8, 4) is 0 Å². The highest BCUT2D eigenvalue weighted by Gasteiger charge is 2.34. The molecule has 0 amide bonds. The van der Waals surface area contributed by atoms with Gasteiger partial charge in [-0.2, -0.15) is 0 Å². The number of ether oxygens (including phenoxy) is 2. The van der Waals surface area contributed by atoms with Gasteiger partial charge in [-0.15, -0.1) is 0 Å².